The summed E-state index contributed by atoms with van der Waals surface area (Å²) in [6.07, 6.45) is 1.37. The smallest absolute Gasteiger partial charge is 0.337 e. The number of hydrogen-bond acceptors (Lipinski definition) is 4. The first-order chi connectivity index (χ1) is 19.3. The van der Waals surface area contributed by atoms with Gasteiger partial charge in [0, 0.05) is 28.3 Å². The summed E-state index contributed by atoms with van der Waals surface area (Å²) in [7, 11) is 0. The van der Waals surface area contributed by atoms with Crippen molar-refractivity contribution in [3.8, 4) is 16.9 Å². The first-order valence-electron chi connectivity index (χ1n) is 13.3. The van der Waals surface area contributed by atoms with Crippen molar-refractivity contribution in [2.75, 3.05) is 6.61 Å². The van der Waals surface area contributed by atoms with E-state index in [0.717, 1.165) is 17.7 Å². The number of benzene rings is 3. The number of rotatable bonds is 5. The molecule has 0 radical (unpaired) electrons. The highest BCUT2D eigenvalue weighted by atomic mass is 19.2. The second-order valence-corrected chi connectivity index (χ2v) is 11.3. The lowest BCUT2D eigenvalue weighted by Crippen LogP contribution is -2.28. The number of carbonyl (C=O) groups excluding carboxylic acids is 1. The molecule has 41 heavy (non-hydrogen) atoms. The predicted octanol–water partition coefficient (Wildman–Crippen LogP) is 7.30. The van der Waals surface area contributed by atoms with Gasteiger partial charge in [0.15, 0.2) is 29.3 Å². The minimum Gasteiger partial charge on any atom is -0.490 e. The van der Waals surface area contributed by atoms with Crippen LogP contribution >= 0.6 is 0 Å². The van der Waals surface area contributed by atoms with Crippen molar-refractivity contribution in [3.05, 3.63) is 87.9 Å². The molecule has 2 heterocycles. The molecule has 0 bridgehead atoms. The first-order valence-corrected chi connectivity index (χ1v) is 13.3. The molecule has 0 saturated carbocycles. The molecule has 5 rings (SSSR count). The number of aryl methyl sites for hydroxylation is 1. The normalized spacial score (nSPS) is 14.0. The van der Waals surface area contributed by atoms with E-state index in [9.17, 15) is 23.5 Å². The van der Waals surface area contributed by atoms with Gasteiger partial charge in [-0.3, -0.25) is 9.36 Å². The van der Waals surface area contributed by atoms with Gasteiger partial charge in [-0.2, -0.15) is 0 Å². The van der Waals surface area contributed by atoms with Gasteiger partial charge in [-0.05, 0) is 106 Å². The standard InChI is InChI=1S/C32H30F3NO5/c1-16-13-25-20(10-11-36(25)30(37)18-8-9-22(33)23(34)14-18)27(26(16)29(31(38)39)41-32(3,4)5)21-15-24(35)28-19(17(21)2)7-6-12-40-28/h8-11,13-15,29H,6-7,12H2,1-5H3,(H,38,39)/t29-/m0/s1. The van der Waals surface area contributed by atoms with Crippen molar-refractivity contribution in [1.82, 2.24) is 4.57 Å². The number of carbonyl (C=O) groups is 2. The van der Waals surface area contributed by atoms with Crippen molar-refractivity contribution >= 4 is 22.8 Å². The molecule has 1 atom stereocenters. The number of hydrogen-bond donors (Lipinski definition) is 1. The predicted molar refractivity (Wildman–Crippen MR) is 148 cm³/mol. The van der Waals surface area contributed by atoms with Gasteiger partial charge in [0.25, 0.3) is 5.91 Å². The number of nitrogens with zero attached hydrogens (tertiary/aromatic N) is 1. The molecule has 1 aliphatic heterocycles. The summed E-state index contributed by atoms with van der Waals surface area (Å²) in [5, 5.41) is 10.8. The number of fused-ring (bicyclic) bond motifs is 2. The third-order valence-corrected chi connectivity index (χ3v) is 7.29. The maximum atomic E-state index is 15.5. The van der Waals surface area contributed by atoms with Crippen LogP contribution in [-0.2, 0) is 16.0 Å². The van der Waals surface area contributed by atoms with Crippen molar-refractivity contribution in [2.24, 2.45) is 0 Å². The van der Waals surface area contributed by atoms with Crippen molar-refractivity contribution in [2.45, 2.75) is 59.2 Å². The molecular formula is C32H30F3NO5. The maximum Gasteiger partial charge on any atom is 0.337 e. The number of ether oxygens (including phenoxy) is 2. The summed E-state index contributed by atoms with van der Waals surface area (Å²) in [6.45, 7) is 9.17. The van der Waals surface area contributed by atoms with Crippen molar-refractivity contribution in [3.63, 3.8) is 0 Å². The lowest BCUT2D eigenvalue weighted by atomic mass is 9.85. The second-order valence-electron chi connectivity index (χ2n) is 11.3. The molecule has 6 nitrogen and oxygen atoms in total. The molecule has 0 spiro atoms. The van der Waals surface area contributed by atoms with Crippen LogP contribution in [0.5, 0.6) is 5.75 Å². The Morgan fingerprint density at radius 2 is 1.76 bits per heavy atom. The summed E-state index contributed by atoms with van der Waals surface area (Å²) in [4.78, 5) is 26.1. The molecule has 0 saturated heterocycles. The number of carboxylic acid groups (broad SMARTS) is 1. The number of aliphatic carboxylic acids is 1. The highest BCUT2D eigenvalue weighted by Gasteiger charge is 2.34. The molecular weight excluding hydrogens is 535 g/mol. The number of halogens is 3. The average molecular weight is 566 g/mol. The summed E-state index contributed by atoms with van der Waals surface area (Å²) < 4.78 is 56.0. The molecule has 1 N–H and O–H groups in total. The fourth-order valence-electron chi connectivity index (χ4n) is 5.51. The summed E-state index contributed by atoms with van der Waals surface area (Å²) >= 11 is 0. The maximum absolute atomic E-state index is 15.5. The average Bonchev–Trinajstić information content (AvgIpc) is 3.32. The zero-order valence-electron chi connectivity index (χ0n) is 23.4. The van der Waals surface area contributed by atoms with Crippen LogP contribution in [0.15, 0.2) is 42.6 Å². The summed E-state index contributed by atoms with van der Waals surface area (Å²) in [6, 6.07) is 7.52. The molecule has 0 aliphatic carbocycles. The van der Waals surface area contributed by atoms with E-state index in [0.29, 0.717) is 58.2 Å². The van der Waals surface area contributed by atoms with E-state index in [1.807, 2.05) is 6.92 Å². The Hall–Kier alpha value is -4.11. The van der Waals surface area contributed by atoms with Crippen LogP contribution in [0.25, 0.3) is 22.0 Å². The Labute approximate surface area is 235 Å². The second kappa shape index (κ2) is 10.4. The zero-order chi connectivity index (χ0) is 29.8. The van der Waals surface area contributed by atoms with E-state index in [-0.39, 0.29) is 11.3 Å². The molecule has 214 valence electrons. The van der Waals surface area contributed by atoms with Crippen LogP contribution in [0.4, 0.5) is 13.2 Å². The third kappa shape index (κ3) is 5.10. The van der Waals surface area contributed by atoms with Crippen LogP contribution < -0.4 is 4.74 Å². The first kappa shape index (κ1) is 28.4. The summed E-state index contributed by atoms with van der Waals surface area (Å²) in [5.74, 6) is -4.44. The van der Waals surface area contributed by atoms with Crippen LogP contribution in [0, 0.1) is 31.3 Å². The lowest BCUT2D eigenvalue weighted by molar-refractivity contribution is -0.160. The molecule has 0 fully saturated rings. The van der Waals surface area contributed by atoms with E-state index in [1.54, 1.807) is 39.8 Å². The number of aromatic nitrogens is 1. The van der Waals surface area contributed by atoms with E-state index < -0.39 is 41.0 Å². The SMILES string of the molecule is Cc1cc2c(ccn2C(=O)c2ccc(F)c(F)c2)c(-c2cc(F)c3c(c2C)CCCO3)c1[C@H](OC(C)(C)C)C(=O)O. The monoisotopic (exact) mass is 565 g/mol. The van der Waals surface area contributed by atoms with Crippen LogP contribution in [-0.4, -0.2) is 33.8 Å². The quantitative estimate of drug-likeness (QED) is 0.275. The Bertz CT molecular complexity index is 1720. The van der Waals surface area contributed by atoms with Gasteiger partial charge in [-0.25, -0.2) is 18.0 Å². The molecule has 1 aliphatic rings. The van der Waals surface area contributed by atoms with E-state index in [1.165, 1.54) is 22.9 Å². The fraction of sp³-hybridized carbons (Fsp3) is 0.312. The van der Waals surface area contributed by atoms with Crippen molar-refractivity contribution < 1.29 is 37.3 Å². The highest BCUT2D eigenvalue weighted by molar-refractivity contribution is 6.07. The third-order valence-electron chi connectivity index (χ3n) is 7.29. The summed E-state index contributed by atoms with van der Waals surface area (Å²) in [5.41, 5.74) is 2.62. The van der Waals surface area contributed by atoms with E-state index in [2.05, 4.69) is 0 Å². The highest BCUT2D eigenvalue weighted by Crippen LogP contribution is 2.45. The lowest BCUT2D eigenvalue weighted by Gasteiger charge is -2.29. The van der Waals surface area contributed by atoms with Gasteiger partial charge in [-0.1, -0.05) is 0 Å². The minimum absolute atomic E-state index is 0.0719. The van der Waals surface area contributed by atoms with Gasteiger partial charge in [-0.15, -0.1) is 0 Å². The van der Waals surface area contributed by atoms with Gasteiger partial charge < -0.3 is 14.6 Å². The minimum atomic E-state index is -1.41. The topological polar surface area (TPSA) is 77.8 Å². The molecule has 3 aromatic carbocycles. The number of carboxylic acids is 1. The Kier molecular flexibility index (Phi) is 7.19. The van der Waals surface area contributed by atoms with Gasteiger partial charge >= 0.3 is 5.97 Å². The van der Waals surface area contributed by atoms with Gasteiger partial charge in [0.1, 0.15) is 0 Å². The van der Waals surface area contributed by atoms with Crippen LogP contribution in [0.3, 0.4) is 0 Å². The zero-order valence-corrected chi connectivity index (χ0v) is 23.4. The molecule has 1 aromatic heterocycles. The molecule has 4 aromatic rings. The Morgan fingerprint density at radius 1 is 1.02 bits per heavy atom. The largest absolute Gasteiger partial charge is 0.490 e. The molecule has 9 heteroatoms. The molecule has 0 unspecified atom stereocenters. The fourth-order valence-corrected chi connectivity index (χ4v) is 5.51. The van der Waals surface area contributed by atoms with Crippen molar-refractivity contribution in [1.29, 1.82) is 0 Å². The molecule has 0 amide bonds. The van der Waals surface area contributed by atoms with E-state index in [4.69, 9.17) is 9.47 Å². The Morgan fingerprint density at radius 3 is 2.41 bits per heavy atom. The Balaban J connectivity index is 1.83. The van der Waals surface area contributed by atoms with Crippen LogP contribution in [0.1, 0.15) is 65.9 Å². The van der Waals surface area contributed by atoms with Crippen LogP contribution in [0.2, 0.25) is 0 Å². The van der Waals surface area contributed by atoms with Gasteiger partial charge in [0.05, 0.1) is 17.7 Å². The van der Waals surface area contributed by atoms with E-state index >= 15 is 4.39 Å². The van der Waals surface area contributed by atoms with Gasteiger partial charge in [0.2, 0.25) is 0 Å².